The number of nitrogens with zero attached hydrogens (tertiary/aromatic N) is 1. The highest BCUT2D eigenvalue weighted by Crippen LogP contribution is 2.23. The molecule has 152 valence electrons. The van der Waals surface area contributed by atoms with E-state index in [1.807, 2.05) is 30.3 Å². The maximum Gasteiger partial charge on any atom is 0.251 e. The fraction of sp³-hybridized carbons (Fsp3) is 0.350. The van der Waals surface area contributed by atoms with Crippen LogP contribution in [-0.4, -0.2) is 45.4 Å². The van der Waals surface area contributed by atoms with Gasteiger partial charge in [0.25, 0.3) is 5.91 Å². The van der Waals surface area contributed by atoms with E-state index in [1.54, 1.807) is 0 Å². The van der Waals surface area contributed by atoms with Gasteiger partial charge in [-0.25, -0.2) is 13.1 Å². The van der Waals surface area contributed by atoms with Gasteiger partial charge in [-0.1, -0.05) is 55.8 Å². The van der Waals surface area contributed by atoms with Gasteiger partial charge in [0.15, 0.2) is 0 Å². The van der Waals surface area contributed by atoms with E-state index in [0.717, 1.165) is 25.2 Å². The molecule has 0 radical (unpaired) electrons. The van der Waals surface area contributed by atoms with E-state index in [-0.39, 0.29) is 27.9 Å². The van der Waals surface area contributed by atoms with E-state index in [0.29, 0.717) is 6.54 Å². The first kappa shape index (κ1) is 22.4. The van der Waals surface area contributed by atoms with Gasteiger partial charge in [-0.2, -0.15) is 0 Å². The highest BCUT2D eigenvalue weighted by molar-refractivity contribution is 7.89. The van der Waals surface area contributed by atoms with E-state index in [2.05, 4.69) is 28.8 Å². The molecule has 0 heterocycles. The lowest BCUT2D eigenvalue weighted by Gasteiger charge is -2.18. The van der Waals surface area contributed by atoms with E-state index < -0.39 is 10.0 Å². The number of benzene rings is 2. The van der Waals surface area contributed by atoms with Gasteiger partial charge in [0, 0.05) is 25.2 Å². The van der Waals surface area contributed by atoms with Crippen LogP contribution in [0.3, 0.4) is 0 Å². The zero-order valence-corrected chi connectivity index (χ0v) is 17.7. The molecule has 2 aromatic rings. The topological polar surface area (TPSA) is 78.5 Å². The lowest BCUT2D eigenvalue weighted by Crippen LogP contribution is -2.34. The number of rotatable bonds is 10. The van der Waals surface area contributed by atoms with E-state index in [9.17, 15) is 13.2 Å². The summed E-state index contributed by atoms with van der Waals surface area (Å²) in [5.41, 5.74) is 1.08. The van der Waals surface area contributed by atoms with Gasteiger partial charge in [0.2, 0.25) is 10.0 Å². The van der Waals surface area contributed by atoms with E-state index >= 15 is 0 Å². The number of amides is 1. The van der Waals surface area contributed by atoms with Crippen molar-refractivity contribution in [2.45, 2.75) is 25.3 Å². The summed E-state index contributed by atoms with van der Waals surface area (Å²) >= 11 is 6.09. The Bertz CT molecular complexity index is 885. The van der Waals surface area contributed by atoms with Crippen LogP contribution >= 0.6 is 11.6 Å². The third kappa shape index (κ3) is 6.31. The van der Waals surface area contributed by atoms with Gasteiger partial charge < -0.3 is 10.2 Å². The zero-order valence-electron chi connectivity index (χ0n) is 16.1. The maximum atomic E-state index is 12.6. The van der Waals surface area contributed by atoms with Crippen molar-refractivity contribution in [3.05, 3.63) is 64.7 Å². The zero-order chi connectivity index (χ0) is 20.6. The van der Waals surface area contributed by atoms with Crippen LogP contribution in [0.15, 0.2) is 53.4 Å². The van der Waals surface area contributed by atoms with Gasteiger partial charge in [-0.05, 0) is 36.9 Å². The molecule has 2 N–H and O–H groups in total. The minimum absolute atomic E-state index is 0.0697. The molecule has 0 aromatic heterocycles. The lowest BCUT2D eigenvalue weighted by atomic mass is 10.2. The highest BCUT2D eigenvalue weighted by Gasteiger charge is 2.20. The number of carbonyl (C=O) groups excluding carboxylic acids is 1. The fourth-order valence-corrected chi connectivity index (χ4v) is 4.21. The first-order chi connectivity index (χ1) is 13.4. The molecule has 0 aliphatic rings. The molecule has 0 aliphatic heterocycles. The first-order valence-corrected chi connectivity index (χ1v) is 11.1. The fourth-order valence-electron chi connectivity index (χ4n) is 2.67. The summed E-state index contributed by atoms with van der Waals surface area (Å²) in [5.74, 6) is -0.330. The Morgan fingerprint density at radius 1 is 1.07 bits per heavy atom. The van der Waals surface area contributed by atoms with Crippen LogP contribution in [0, 0.1) is 0 Å². The van der Waals surface area contributed by atoms with Crippen molar-refractivity contribution in [3.8, 4) is 0 Å². The largest absolute Gasteiger partial charge is 0.351 e. The second-order valence-corrected chi connectivity index (χ2v) is 8.38. The SMILES string of the molecule is CCN(CC)CCNC(=O)c1ccc(Cl)c(S(=O)(=O)NCc2ccccc2)c1. The Kier molecular flexibility index (Phi) is 8.44. The predicted molar refractivity (Wildman–Crippen MR) is 112 cm³/mol. The number of hydrogen-bond acceptors (Lipinski definition) is 4. The van der Waals surface area contributed by atoms with Gasteiger partial charge >= 0.3 is 0 Å². The molecule has 6 nitrogen and oxygen atoms in total. The molecule has 2 aromatic carbocycles. The van der Waals surface area contributed by atoms with Gasteiger partial charge in [-0.3, -0.25) is 4.79 Å². The minimum Gasteiger partial charge on any atom is -0.351 e. The number of carbonyl (C=O) groups is 1. The van der Waals surface area contributed by atoms with Crippen molar-refractivity contribution in [2.24, 2.45) is 0 Å². The average molecular weight is 424 g/mol. The Morgan fingerprint density at radius 2 is 1.75 bits per heavy atom. The standard InChI is InChI=1S/C20H26ClN3O3S/c1-3-24(4-2)13-12-22-20(25)17-10-11-18(21)19(14-17)28(26,27)23-15-16-8-6-5-7-9-16/h5-11,14,23H,3-4,12-13,15H2,1-2H3,(H,22,25). The van der Waals surface area contributed by atoms with Crippen molar-refractivity contribution in [1.29, 1.82) is 0 Å². The molecule has 0 aliphatic carbocycles. The first-order valence-electron chi connectivity index (χ1n) is 9.21. The number of hydrogen-bond donors (Lipinski definition) is 2. The predicted octanol–water partition coefficient (Wildman–Crippen LogP) is 2.89. The van der Waals surface area contributed by atoms with Crippen LogP contribution in [-0.2, 0) is 16.6 Å². The van der Waals surface area contributed by atoms with Crippen LogP contribution in [0.4, 0.5) is 0 Å². The minimum atomic E-state index is -3.86. The number of halogens is 1. The summed E-state index contributed by atoms with van der Waals surface area (Å²) in [7, 11) is -3.86. The molecule has 0 saturated carbocycles. The highest BCUT2D eigenvalue weighted by atomic mass is 35.5. The Hall–Kier alpha value is -1.93. The third-order valence-electron chi connectivity index (χ3n) is 4.40. The monoisotopic (exact) mass is 423 g/mol. The third-order valence-corrected chi connectivity index (χ3v) is 6.28. The molecule has 0 bridgehead atoms. The average Bonchev–Trinajstić information content (AvgIpc) is 2.70. The van der Waals surface area contributed by atoms with Crippen LogP contribution < -0.4 is 10.0 Å². The van der Waals surface area contributed by atoms with Crippen molar-refractivity contribution in [3.63, 3.8) is 0 Å². The second-order valence-electron chi connectivity index (χ2n) is 6.24. The van der Waals surface area contributed by atoms with Gasteiger partial charge in [-0.15, -0.1) is 0 Å². The summed E-state index contributed by atoms with van der Waals surface area (Å²) in [6.07, 6.45) is 0. The number of sulfonamides is 1. The summed E-state index contributed by atoms with van der Waals surface area (Å²) in [4.78, 5) is 14.5. The van der Waals surface area contributed by atoms with Crippen LogP contribution in [0.25, 0.3) is 0 Å². The molecule has 0 fully saturated rings. The number of nitrogens with one attached hydrogen (secondary N) is 2. The quantitative estimate of drug-likeness (QED) is 0.615. The van der Waals surface area contributed by atoms with Crippen molar-refractivity contribution in [1.82, 2.24) is 14.9 Å². The second kappa shape index (κ2) is 10.6. The Labute approximate surface area is 171 Å². The van der Waals surface area contributed by atoms with Crippen molar-refractivity contribution in [2.75, 3.05) is 26.2 Å². The number of likely N-dealkylation sites (N-methyl/N-ethyl adjacent to an activating group) is 1. The molecule has 0 atom stereocenters. The van der Waals surface area contributed by atoms with Crippen molar-refractivity contribution >= 4 is 27.5 Å². The van der Waals surface area contributed by atoms with Crippen LogP contribution in [0.2, 0.25) is 5.02 Å². The molecule has 2 rings (SSSR count). The maximum absolute atomic E-state index is 12.6. The van der Waals surface area contributed by atoms with Gasteiger partial charge in [0.05, 0.1) is 5.02 Å². The molecular formula is C20H26ClN3O3S. The van der Waals surface area contributed by atoms with E-state index in [4.69, 9.17) is 11.6 Å². The molecule has 28 heavy (non-hydrogen) atoms. The summed E-state index contributed by atoms with van der Waals surface area (Å²) < 4.78 is 27.8. The summed E-state index contributed by atoms with van der Waals surface area (Å²) in [6.45, 7) is 7.28. The summed E-state index contributed by atoms with van der Waals surface area (Å²) in [6, 6.07) is 13.4. The van der Waals surface area contributed by atoms with Crippen LogP contribution in [0.5, 0.6) is 0 Å². The molecule has 0 saturated heterocycles. The molecule has 0 spiro atoms. The van der Waals surface area contributed by atoms with E-state index in [1.165, 1.54) is 18.2 Å². The molecule has 8 heteroatoms. The molecular weight excluding hydrogens is 398 g/mol. The Morgan fingerprint density at radius 3 is 2.39 bits per heavy atom. The lowest BCUT2D eigenvalue weighted by molar-refractivity contribution is 0.0948. The Balaban J connectivity index is 2.07. The normalized spacial score (nSPS) is 11.6. The van der Waals surface area contributed by atoms with Gasteiger partial charge in [0.1, 0.15) is 4.90 Å². The smallest absolute Gasteiger partial charge is 0.251 e. The molecule has 1 amide bonds. The van der Waals surface area contributed by atoms with Crippen LogP contribution in [0.1, 0.15) is 29.8 Å². The molecule has 0 unspecified atom stereocenters. The van der Waals surface area contributed by atoms with Crippen molar-refractivity contribution < 1.29 is 13.2 Å². The summed E-state index contributed by atoms with van der Waals surface area (Å²) in [5, 5.41) is 2.88.